The molecule has 0 amide bonds. The summed E-state index contributed by atoms with van der Waals surface area (Å²) in [6.07, 6.45) is 5.27. The number of carbonyl (C=O) groups excluding carboxylic acids is 1. The van der Waals surface area contributed by atoms with E-state index in [1.54, 1.807) is 6.07 Å². The molecule has 4 nitrogen and oxygen atoms in total. The second kappa shape index (κ2) is 4.49. The maximum atomic E-state index is 11.3. The minimum atomic E-state index is -0.412. The average molecular weight is 209 g/mol. The van der Waals surface area contributed by atoms with E-state index in [0.717, 1.165) is 5.56 Å². The highest BCUT2D eigenvalue weighted by atomic mass is 16.5. The summed E-state index contributed by atoms with van der Waals surface area (Å²) < 4.78 is 9.71. The van der Waals surface area contributed by atoms with Crippen LogP contribution in [0.1, 0.15) is 35.4 Å². The van der Waals surface area contributed by atoms with Crippen LogP contribution in [0.3, 0.4) is 0 Å². The number of esters is 1. The fourth-order valence-electron chi connectivity index (χ4n) is 1.61. The largest absolute Gasteiger partial charge is 0.463 e. The van der Waals surface area contributed by atoms with Crippen LogP contribution >= 0.6 is 0 Å². The van der Waals surface area contributed by atoms with Gasteiger partial charge in [0.05, 0.1) is 13.4 Å². The van der Waals surface area contributed by atoms with Gasteiger partial charge in [-0.05, 0) is 18.9 Å². The van der Waals surface area contributed by atoms with Gasteiger partial charge >= 0.3 is 5.97 Å². The summed E-state index contributed by atoms with van der Waals surface area (Å²) in [4.78, 5) is 11.3. The number of hydrogen-bond acceptors (Lipinski definition) is 4. The number of carbonyl (C=O) groups is 1. The highest BCUT2D eigenvalue weighted by molar-refractivity contribution is 5.87. The van der Waals surface area contributed by atoms with Gasteiger partial charge in [-0.1, -0.05) is 6.42 Å². The van der Waals surface area contributed by atoms with Gasteiger partial charge in [0.1, 0.15) is 0 Å². The second-order valence-corrected chi connectivity index (χ2v) is 3.78. The van der Waals surface area contributed by atoms with E-state index in [0.29, 0.717) is 18.3 Å². The lowest BCUT2D eigenvalue weighted by atomic mass is 9.93. The molecule has 0 bridgehead atoms. The van der Waals surface area contributed by atoms with Gasteiger partial charge in [0.15, 0.2) is 0 Å². The number of ether oxygens (including phenoxy) is 1. The van der Waals surface area contributed by atoms with Crippen molar-refractivity contribution in [3.63, 3.8) is 0 Å². The molecule has 0 saturated heterocycles. The van der Waals surface area contributed by atoms with Crippen LogP contribution in [0, 0.1) is 0 Å². The van der Waals surface area contributed by atoms with Crippen LogP contribution in [-0.2, 0) is 11.3 Å². The first-order chi connectivity index (χ1) is 7.31. The summed E-state index contributed by atoms with van der Waals surface area (Å²) in [5.74, 6) is -0.102. The Kier molecular flexibility index (Phi) is 3.06. The Morgan fingerprint density at radius 2 is 2.47 bits per heavy atom. The van der Waals surface area contributed by atoms with Gasteiger partial charge in [0, 0.05) is 18.2 Å². The lowest BCUT2D eigenvalue weighted by molar-refractivity contribution is 0.0563. The van der Waals surface area contributed by atoms with Gasteiger partial charge in [0.25, 0.3) is 0 Å². The molecule has 0 unspecified atom stereocenters. The van der Waals surface area contributed by atoms with Crippen LogP contribution in [0.2, 0.25) is 0 Å². The highest BCUT2D eigenvalue weighted by Gasteiger charge is 2.19. The van der Waals surface area contributed by atoms with Crippen LogP contribution in [0.25, 0.3) is 0 Å². The zero-order valence-electron chi connectivity index (χ0n) is 8.79. The van der Waals surface area contributed by atoms with E-state index in [2.05, 4.69) is 10.1 Å². The van der Waals surface area contributed by atoms with Gasteiger partial charge in [-0.3, -0.25) is 0 Å². The molecule has 1 aliphatic carbocycles. The summed E-state index contributed by atoms with van der Waals surface area (Å²) >= 11 is 0. The fourth-order valence-corrected chi connectivity index (χ4v) is 1.61. The first kappa shape index (κ1) is 10.2. The first-order valence-electron chi connectivity index (χ1n) is 5.19. The second-order valence-electron chi connectivity index (χ2n) is 3.78. The third-order valence-corrected chi connectivity index (χ3v) is 2.80. The molecule has 82 valence electrons. The molecule has 15 heavy (non-hydrogen) atoms. The lowest BCUT2D eigenvalue weighted by Gasteiger charge is -2.26. The van der Waals surface area contributed by atoms with Crippen LogP contribution < -0.4 is 5.32 Å². The Labute approximate surface area is 88.6 Å². The van der Waals surface area contributed by atoms with Crippen LogP contribution in [0.5, 0.6) is 0 Å². The number of furan rings is 1. The molecule has 0 radical (unpaired) electrons. The Morgan fingerprint density at radius 1 is 1.67 bits per heavy atom. The topological polar surface area (TPSA) is 51.5 Å². The zero-order valence-corrected chi connectivity index (χ0v) is 8.79. The summed E-state index contributed by atoms with van der Waals surface area (Å²) in [6, 6.07) is 2.41. The summed E-state index contributed by atoms with van der Waals surface area (Å²) in [5, 5.41) is 3.37. The number of hydrogen-bond donors (Lipinski definition) is 1. The predicted octanol–water partition coefficient (Wildman–Crippen LogP) is 1.71. The van der Waals surface area contributed by atoms with E-state index in [-0.39, 0.29) is 0 Å². The molecule has 1 aromatic rings. The molecule has 1 saturated carbocycles. The molecule has 1 N–H and O–H groups in total. The number of nitrogens with one attached hydrogen (secondary N) is 1. The van der Waals surface area contributed by atoms with Crippen molar-refractivity contribution in [3.8, 4) is 0 Å². The molecule has 2 rings (SSSR count). The number of rotatable bonds is 4. The monoisotopic (exact) mass is 209 g/mol. The minimum Gasteiger partial charge on any atom is -0.463 e. The van der Waals surface area contributed by atoms with Crippen LogP contribution in [-0.4, -0.2) is 19.1 Å². The predicted molar refractivity (Wildman–Crippen MR) is 54.5 cm³/mol. The van der Waals surface area contributed by atoms with Gasteiger partial charge in [0.2, 0.25) is 5.76 Å². The van der Waals surface area contributed by atoms with Crippen molar-refractivity contribution >= 4 is 5.97 Å². The Hall–Kier alpha value is -1.29. The highest BCUT2D eigenvalue weighted by Crippen LogP contribution is 2.19. The van der Waals surface area contributed by atoms with Crippen molar-refractivity contribution in [1.29, 1.82) is 0 Å². The Bertz CT molecular complexity index is 341. The minimum absolute atomic E-state index is 0.310. The molecule has 0 atom stereocenters. The van der Waals surface area contributed by atoms with Crippen molar-refractivity contribution in [2.24, 2.45) is 0 Å². The van der Waals surface area contributed by atoms with E-state index in [4.69, 9.17) is 4.42 Å². The lowest BCUT2D eigenvalue weighted by Crippen LogP contribution is -2.34. The SMILES string of the molecule is COC(=O)c1occc1CNC1CCC1. The van der Waals surface area contributed by atoms with E-state index in [1.165, 1.54) is 32.6 Å². The van der Waals surface area contributed by atoms with Gasteiger partial charge in [-0.2, -0.15) is 0 Å². The Morgan fingerprint density at radius 3 is 3.07 bits per heavy atom. The van der Waals surface area contributed by atoms with Crippen LogP contribution in [0.4, 0.5) is 0 Å². The molecule has 0 aromatic carbocycles. The first-order valence-corrected chi connectivity index (χ1v) is 5.19. The van der Waals surface area contributed by atoms with Gasteiger partial charge in [-0.25, -0.2) is 4.79 Å². The third kappa shape index (κ3) is 2.21. The fraction of sp³-hybridized carbons (Fsp3) is 0.545. The maximum Gasteiger partial charge on any atom is 0.374 e. The number of methoxy groups -OCH3 is 1. The average Bonchev–Trinajstić information content (AvgIpc) is 2.62. The summed E-state index contributed by atoms with van der Waals surface area (Å²) in [7, 11) is 1.36. The van der Waals surface area contributed by atoms with Gasteiger partial charge < -0.3 is 14.5 Å². The zero-order chi connectivity index (χ0) is 10.7. The molecule has 0 aliphatic heterocycles. The molecule has 1 aromatic heterocycles. The molecule has 1 heterocycles. The standard InChI is InChI=1S/C11H15NO3/c1-14-11(13)10-8(5-6-15-10)7-12-9-3-2-4-9/h5-6,9,12H,2-4,7H2,1H3. The normalized spacial score (nSPS) is 16.1. The smallest absolute Gasteiger partial charge is 0.374 e. The van der Waals surface area contributed by atoms with E-state index in [9.17, 15) is 4.79 Å². The molecular formula is C11H15NO3. The molecule has 1 aliphatic rings. The van der Waals surface area contributed by atoms with Crippen molar-refractivity contribution < 1.29 is 13.9 Å². The van der Waals surface area contributed by atoms with E-state index < -0.39 is 5.97 Å². The third-order valence-electron chi connectivity index (χ3n) is 2.80. The van der Waals surface area contributed by atoms with Gasteiger partial charge in [-0.15, -0.1) is 0 Å². The quantitative estimate of drug-likeness (QED) is 0.767. The van der Waals surface area contributed by atoms with Crippen molar-refractivity contribution in [2.45, 2.75) is 31.8 Å². The van der Waals surface area contributed by atoms with E-state index >= 15 is 0 Å². The van der Waals surface area contributed by atoms with Crippen molar-refractivity contribution in [3.05, 3.63) is 23.7 Å². The van der Waals surface area contributed by atoms with Crippen molar-refractivity contribution in [1.82, 2.24) is 5.32 Å². The molecular weight excluding hydrogens is 194 g/mol. The molecule has 0 spiro atoms. The van der Waals surface area contributed by atoms with Crippen molar-refractivity contribution in [2.75, 3.05) is 7.11 Å². The Balaban J connectivity index is 1.94. The summed E-state index contributed by atoms with van der Waals surface area (Å²) in [5.41, 5.74) is 0.869. The summed E-state index contributed by atoms with van der Waals surface area (Å²) in [6.45, 7) is 0.672. The van der Waals surface area contributed by atoms with Crippen LogP contribution in [0.15, 0.2) is 16.7 Å². The maximum absolute atomic E-state index is 11.3. The van der Waals surface area contributed by atoms with E-state index in [1.807, 2.05) is 0 Å². The molecule has 1 fully saturated rings. The molecule has 4 heteroatoms.